The lowest BCUT2D eigenvalue weighted by molar-refractivity contribution is 0.419. The molecular weight excluding hydrogens is 307 g/mol. The minimum absolute atomic E-state index is 0.912. The van der Waals surface area contributed by atoms with Crippen LogP contribution in [0.2, 0.25) is 9.56 Å². The molecule has 0 saturated heterocycles. The first kappa shape index (κ1) is 18.3. The van der Waals surface area contributed by atoms with E-state index in [9.17, 15) is 0 Å². The SMILES string of the molecule is c1ccc([O][Al]([CH]2CCCCCCC2)[CH]2CCCCCCC2)cc1. The summed E-state index contributed by atoms with van der Waals surface area (Å²) in [6.45, 7) is 0. The van der Waals surface area contributed by atoms with Crippen molar-refractivity contribution in [2.75, 3.05) is 0 Å². The first-order chi connectivity index (χ1) is 11.9. The lowest BCUT2D eigenvalue weighted by atomic mass is 10.00. The fraction of sp³-hybridized carbons (Fsp3) is 0.727. The molecule has 0 atom stereocenters. The fourth-order valence-corrected chi connectivity index (χ4v) is 8.75. The first-order valence-corrected chi connectivity index (χ1v) is 12.5. The van der Waals surface area contributed by atoms with Crippen molar-refractivity contribution in [1.82, 2.24) is 0 Å². The Labute approximate surface area is 153 Å². The van der Waals surface area contributed by atoms with E-state index in [-0.39, 0.29) is 0 Å². The summed E-state index contributed by atoms with van der Waals surface area (Å²) in [5.41, 5.74) is 0. The van der Waals surface area contributed by atoms with E-state index in [1.807, 2.05) is 0 Å². The van der Waals surface area contributed by atoms with E-state index in [4.69, 9.17) is 3.79 Å². The number of para-hydroxylation sites is 1. The summed E-state index contributed by atoms with van der Waals surface area (Å²) in [5.74, 6) is 1.15. The van der Waals surface area contributed by atoms with Gasteiger partial charge in [-0.1, -0.05) is 108 Å². The molecule has 1 nitrogen and oxygen atoms in total. The van der Waals surface area contributed by atoms with Crippen molar-refractivity contribution in [2.45, 2.75) is 99.5 Å². The van der Waals surface area contributed by atoms with Crippen molar-refractivity contribution < 1.29 is 3.79 Å². The van der Waals surface area contributed by atoms with Gasteiger partial charge in [0, 0.05) is 0 Å². The molecule has 2 fully saturated rings. The Morgan fingerprint density at radius 3 is 1.46 bits per heavy atom. The van der Waals surface area contributed by atoms with Gasteiger partial charge in [-0.2, -0.15) is 0 Å². The third-order valence-electron chi connectivity index (χ3n) is 6.24. The molecule has 0 spiro atoms. The second-order valence-electron chi connectivity index (χ2n) is 8.11. The minimum atomic E-state index is -1.22. The highest BCUT2D eigenvalue weighted by Crippen LogP contribution is 2.40. The van der Waals surface area contributed by atoms with Gasteiger partial charge in [-0.15, -0.1) is 0 Å². The number of hydrogen-bond donors (Lipinski definition) is 0. The van der Waals surface area contributed by atoms with Crippen LogP contribution in [0.5, 0.6) is 5.75 Å². The normalized spacial score (nSPS) is 22.0. The summed E-state index contributed by atoms with van der Waals surface area (Å²) in [4.78, 5) is 0. The van der Waals surface area contributed by atoms with Crippen LogP contribution in [0, 0.1) is 0 Å². The molecule has 3 rings (SSSR count). The van der Waals surface area contributed by atoms with Crippen LogP contribution in [0.3, 0.4) is 0 Å². The van der Waals surface area contributed by atoms with Crippen LogP contribution in [0.4, 0.5) is 0 Å². The van der Waals surface area contributed by atoms with Gasteiger partial charge < -0.3 is 3.79 Å². The number of rotatable bonds is 4. The average Bonchev–Trinajstić information content (AvgIpc) is 2.54. The Morgan fingerprint density at radius 2 is 1.00 bits per heavy atom. The smallest absolute Gasteiger partial charge is 0.553 e. The number of benzene rings is 1. The molecule has 2 saturated carbocycles. The van der Waals surface area contributed by atoms with Gasteiger partial charge in [0.25, 0.3) is 0 Å². The van der Waals surface area contributed by atoms with Gasteiger partial charge >= 0.3 is 14.5 Å². The maximum atomic E-state index is 6.83. The molecule has 1 aromatic rings. The van der Waals surface area contributed by atoms with Crippen molar-refractivity contribution in [3.05, 3.63) is 30.3 Å². The molecule has 0 unspecified atom stereocenters. The minimum Gasteiger partial charge on any atom is -0.642 e. The zero-order valence-electron chi connectivity index (χ0n) is 15.4. The van der Waals surface area contributed by atoms with E-state index in [0.29, 0.717) is 0 Å². The summed E-state index contributed by atoms with van der Waals surface area (Å²) >= 11 is -1.22. The molecule has 0 heterocycles. The second-order valence-corrected chi connectivity index (χ2v) is 11.2. The topological polar surface area (TPSA) is 9.23 Å². The van der Waals surface area contributed by atoms with Crippen LogP contribution in [0.15, 0.2) is 30.3 Å². The predicted octanol–water partition coefficient (Wildman–Crippen LogP) is 7.29. The van der Waals surface area contributed by atoms with Crippen LogP contribution in [-0.4, -0.2) is 14.5 Å². The van der Waals surface area contributed by atoms with Crippen LogP contribution >= 0.6 is 0 Å². The van der Waals surface area contributed by atoms with E-state index in [1.165, 1.54) is 89.9 Å². The molecule has 0 aromatic heterocycles. The highest BCUT2D eigenvalue weighted by molar-refractivity contribution is 6.56. The van der Waals surface area contributed by atoms with Crippen molar-refractivity contribution >= 4 is 14.5 Å². The third-order valence-corrected chi connectivity index (χ3v) is 9.98. The molecule has 0 aliphatic heterocycles. The quantitative estimate of drug-likeness (QED) is 0.522. The summed E-state index contributed by atoms with van der Waals surface area (Å²) < 4.78 is 8.65. The summed E-state index contributed by atoms with van der Waals surface area (Å²) in [7, 11) is 0. The Hall–Kier alpha value is -0.448. The molecule has 0 bridgehead atoms. The molecule has 0 N–H and O–H groups in total. The Kier molecular flexibility index (Phi) is 8.04. The third kappa shape index (κ3) is 5.82. The van der Waals surface area contributed by atoms with Crippen molar-refractivity contribution in [1.29, 1.82) is 0 Å². The van der Waals surface area contributed by atoms with Gasteiger partial charge in [0.15, 0.2) is 0 Å². The molecule has 0 radical (unpaired) electrons. The van der Waals surface area contributed by atoms with Crippen LogP contribution < -0.4 is 3.79 Å². The van der Waals surface area contributed by atoms with E-state index in [1.54, 1.807) is 0 Å². The lowest BCUT2D eigenvalue weighted by Crippen LogP contribution is -2.35. The molecule has 2 aliphatic rings. The van der Waals surface area contributed by atoms with Gasteiger partial charge in [-0.25, -0.2) is 0 Å². The highest BCUT2D eigenvalue weighted by atomic mass is 27.2. The standard InChI is InChI=1S/2C8H15.C6H6O.Al/c2*1-2-4-6-8-7-5-3-1;7-6-4-2-1-3-5-6;/h2*1H,2-8H2;1-5,7H;/q;;;+1/p-1. The van der Waals surface area contributed by atoms with Gasteiger partial charge in [0.2, 0.25) is 0 Å². The Balaban J connectivity index is 1.72. The van der Waals surface area contributed by atoms with Crippen molar-refractivity contribution in [3.63, 3.8) is 0 Å². The monoisotopic (exact) mass is 342 g/mol. The summed E-state index contributed by atoms with van der Waals surface area (Å²) in [6, 6.07) is 10.8. The molecule has 24 heavy (non-hydrogen) atoms. The fourth-order valence-electron chi connectivity index (χ4n) is 4.87. The Bertz CT molecular complexity index is 409. The van der Waals surface area contributed by atoms with Crippen LogP contribution in [0.25, 0.3) is 0 Å². The first-order valence-electron chi connectivity index (χ1n) is 10.7. The second kappa shape index (κ2) is 10.5. The van der Waals surface area contributed by atoms with Crippen LogP contribution in [0.1, 0.15) is 89.9 Å². The lowest BCUT2D eigenvalue weighted by Gasteiger charge is -2.32. The maximum absolute atomic E-state index is 6.83. The average molecular weight is 343 g/mol. The summed E-state index contributed by atoms with van der Waals surface area (Å²) in [6.07, 6.45) is 20.3. The van der Waals surface area contributed by atoms with E-state index >= 15 is 0 Å². The van der Waals surface area contributed by atoms with Crippen LogP contribution in [-0.2, 0) is 0 Å². The molecule has 132 valence electrons. The highest BCUT2D eigenvalue weighted by Gasteiger charge is 2.41. The zero-order chi connectivity index (χ0) is 16.5. The van der Waals surface area contributed by atoms with E-state index in [2.05, 4.69) is 30.3 Å². The largest absolute Gasteiger partial charge is 0.642 e. The van der Waals surface area contributed by atoms with E-state index < -0.39 is 14.5 Å². The van der Waals surface area contributed by atoms with Gasteiger partial charge in [0.05, 0.1) is 5.75 Å². The maximum Gasteiger partial charge on any atom is 0.553 e. The van der Waals surface area contributed by atoms with Gasteiger partial charge in [-0.05, 0) is 21.7 Å². The number of hydrogen-bond acceptors (Lipinski definition) is 1. The molecule has 2 aliphatic carbocycles. The van der Waals surface area contributed by atoms with Gasteiger partial charge in [-0.3, -0.25) is 0 Å². The summed E-state index contributed by atoms with van der Waals surface area (Å²) in [5, 5.41) is 0. The zero-order valence-corrected chi connectivity index (χ0v) is 16.6. The van der Waals surface area contributed by atoms with Crippen molar-refractivity contribution in [2.24, 2.45) is 0 Å². The predicted molar refractivity (Wildman–Crippen MR) is 105 cm³/mol. The molecular formula is C22H35AlO. The Morgan fingerprint density at radius 1 is 0.583 bits per heavy atom. The molecule has 1 aromatic carbocycles. The molecule has 2 heteroatoms. The van der Waals surface area contributed by atoms with Gasteiger partial charge in [0.1, 0.15) is 0 Å². The van der Waals surface area contributed by atoms with Crippen molar-refractivity contribution in [3.8, 4) is 5.75 Å². The van der Waals surface area contributed by atoms with E-state index in [0.717, 1.165) is 15.3 Å². The molecule has 0 amide bonds.